The first-order chi connectivity index (χ1) is 18.0. The smallest absolute Gasteiger partial charge is 0.292 e. The third-order valence-corrected chi connectivity index (χ3v) is 6.83. The molecule has 5 rings (SSSR count). The number of para-hydroxylation sites is 1. The number of aromatic nitrogens is 6. The molecule has 0 bridgehead atoms. The van der Waals surface area contributed by atoms with Gasteiger partial charge in [-0.1, -0.05) is 93.9 Å². The molecular weight excluding hydrogens is 460 g/mol. The molecule has 0 amide bonds. The van der Waals surface area contributed by atoms with Gasteiger partial charge in [0.2, 0.25) is 0 Å². The summed E-state index contributed by atoms with van der Waals surface area (Å²) in [7, 11) is 0. The minimum Gasteiger partial charge on any atom is -0.292 e. The van der Waals surface area contributed by atoms with Crippen LogP contribution in [0.2, 0.25) is 0 Å². The monoisotopic (exact) mass is 492 g/mol. The summed E-state index contributed by atoms with van der Waals surface area (Å²) in [6.07, 6.45) is 3.86. The first-order valence-corrected chi connectivity index (χ1v) is 12.8. The van der Waals surface area contributed by atoms with Gasteiger partial charge < -0.3 is 0 Å². The Balaban J connectivity index is 1.51. The largest absolute Gasteiger partial charge is 0.333 e. The van der Waals surface area contributed by atoms with Crippen LogP contribution < -0.4 is 5.69 Å². The zero-order valence-electron chi connectivity index (χ0n) is 21.8. The zero-order chi connectivity index (χ0) is 25.9. The maximum atomic E-state index is 13.8. The summed E-state index contributed by atoms with van der Waals surface area (Å²) < 4.78 is 3.77. The van der Waals surface area contributed by atoms with Gasteiger partial charge in [0.25, 0.3) is 0 Å². The van der Waals surface area contributed by atoms with Crippen LogP contribution in [0.5, 0.6) is 0 Å². The van der Waals surface area contributed by atoms with Crippen molar-refractivity contribution in [1.29, 1.82) is 0 Å². The minimum atomic E-state index is 0.00638. The summed E-state index contributed by atoms with van der Waals surface area (Å²) in [6, 6.07) is 22.7. The highest BCUT2D eigenvalue weighted by atomic mass is 16.1. The van der Waals surface area contributed by atoms with E-state index >= 15 is 0 Å². The number of hydrogen-bond acceptors (Lipinski definition) is 4. The molecular formula is C30H32N6O. The van der Waals surface area contributed by atoms with E-state index in [-0.39, 0.29) is 5.69 Å². The summed E-state index contributed by atoms with van der Waals surface area (Å²) in [5.74, 6) is 0.955. The Morgan fingerprint density at radius 3 is 2.38 bits per heavy atom. The van der Waals surface area contributed by atoms with Crippen molar-refractivity contribution in [3.63, 3.8) is 0 Å². The van der Waals surface area contributed by atoms with Crippen LogP contribution in [0.15, 0.2) is 77.7 Å². The van der Waals surface area contributed by atoms with Crippen molar-refractivity contribution in [3.8, 4) is 28.2 Å². The van der Waals surface area contributed by atoms with E-state index < -0.39 is 0 Å². The molecule has 0 saturated heterocycles. The Bertz CT molecular complexity index is 1560. The van der Waals surface area contributed by atoms with Crippen molar-refractivity contribution in [2.45, 2.75) is 53.0 Å². The molecule has 0 atom stereocenters. The third-order valence-electron chi connectivity index (χ3n) is 6.83. The maximum absolute atomic E-state index is 13.8. The van der Waals surface area contributed by atoms with Gasteiger partial charge in [0.1, 0.15) is 0 Å². The first-order valence-electron chi connectivity index (χ1n) is 12.8. The van der Waals surface area contributed by atoms with Crippen molar-refractivity contribution in [1.82, 2.24) is 29.8 Å². The predicted molar refractivity (Wildman–Crippen MR) is 147 cm³/mol. The molecule has 0 aliphatic heterocycles. The second-order valence-electron chi connectivity index (χ2n) is 9.77. The lowest BCUT2D eigenvalue weighted by Gasteiger charge is -2.15. The van der Waals surface area contributed by atoms with Crippen molar-refractivity contribution >= 4 is 0 Å². The van der Waals surface area contributed by atoms with Crippen LogP contribution in [-0.4, -0.2) is 29.8 Å². The van der Waals surface area contributed by atoms with Gasteiger partial charge in [-0.05, 0) is 57.5 Å². The first kappa shape index (κ1) is 24.4. The second-order valence-corrected chi connectivity index (χ2v) is 9.77. The Kier molecular flexibility index (Phi) is 6.86. The van der Waals surface area contributed by atoms with Crippen LogP contribution in [-0.2, 0) is 13.0 Å². The highest BCUT2D eigenvalue weighted by molar-refractivity contribution is 5.80. The van der Waals surface area contributed by atoms with E-state index in [1.165, 1.54) is 5.56 Å². The van der Waals surface area contributed by atoms with Crippen molar-refractivity contribution in [3.05, 3.63) is 106 Å². The van der Waals surface area contributed by atoms with E-state index in [2.05, 4.69) is 96.9 Å². The molecule has 0 spiro atoms. The van der Waals surface area contributed by atoms with Crippen molar-refractivity contribution in [2.75, 3.05) is 0 Å². The molecule has 0 radical (unpaired) electrons. The lowest BCUT2D eigenvalue weighted by Crippen LogP contribution is -2.26. The molecule has 0 saturated carbocycles. The van der Waals surface area contributed by atoms with Gasteiger partial charge in [0, 0.05) is 17.5 Å². The summed E-state index contributed by atoms with van der Waals surface area (Å²) in [5, 5.41) is 14.4. The summed E-state index contributed by atoms with van der Waals surface area (Å²) >= 11 is 0. The molecule has 2 heterocycles. The topological polar surface area (TPSA) is 81.4 Å². The number of hydrogen-bond donors (Lipinski definition) is 1. The van der Waals surface area contributed by atoms with Gasteiger partial charge in [0.15, 0.2) is 5.82 Å². The number of aromatic amines is 1. The van der Waals surface area contributed by atoms with Crippen molar-refractivity contribution in [2.24, 2.45) is 0 Å². The maximum Gasteiger partial charge on any atom is 0.333 e. The summed E-state index contributed by atoms with van der Waals surface area (Å²) in [5.41, 5.74) is 8.49. The van der Waals surface area contributed by atoms with Crippen molar-refractivity contribution < 1.29 is 0 Å². The second kappa shape index (κ2) is 10.4. The minimum absolute atomic E-state index is 0.00638. The van der Waals surface area contributed by atoms with Gasteiger partial charge in [-0.3, -0.25) is 9.13 Å². The van der Waals surface area contributed by atoms with Gasteiger partial charge in [-0.2, -0.15) is 0 Å². The molecule has 3 aromatic carbocycles. The number of aryl methyl sites for hydroxylation is 2. The van der Waals surface area contributed by atoms with E-state index in [1.54, 1.807) is 0 Å². The highest BCUT2D eigenvalue weighted by Gasteiger charge is 2.18. The fraction of sp³-hybridized carbons (Fsp3) is 0.267. The van der Waals surface area contributed by atoms with Crippen LogP contribution in [0.3, 0.4) is 0 Å². The van der Waals surface area contributed by atoms with Crippen LogP contribution in [0.1, 0.15) is 55.5 Å². The van der Waals surface area contributed by atoms with Gasteiger partial charge in [-0.15, -0.1) is 5.10 Å². The quantitative estimate of drug-likeness (QED) is 0.292. The average Bonchev–Trinajstić information content (AvgIpc) is 3.54. The summed E-state index contributed by atoms with van der Waals surface area (Å²) in [6.45, 7) is 9.10. The number of rotatable bonds is 8. The summed E-state index contributed by atoms with van der Waals surface area (Å²) in [4.78, 5) is 13.8. The number of nitrogens with zero attached hydrogens (tertiary/aromatic N) is 5. The Hall–Kier alpha value is -4.26. The molecule has 0 aliphatic rings. The number of imidazole rings is 1. The Morgan fingerprint density at radius 2 is 1.70 bits per heavy atom. The molecule has 2 aromatic heterocycles. The molecule has 7 nitrogen and oxygen atoms in total. The predicted octanol–water partition coefficient (Wildman–Crippen LogP) is 5.92. The Morgan fingerprint density at radius 1 is 0.946 bits per heavy atom. The van der Waals surface area contributed by atoms with Crippen LogP contribution in [0.25, 0.3) is 28.2 Å². The molecule has 0 aliphatic carbocycles. The lowest BCUT2D eigenvalue weighted by atomic mass is 9.98. The van der Waals surface area contributed by atoms with Gasteiger partial charge in [-0.25, -0.2) is 9.89 Å². The van der Waals surface area contributed by atoms with E-state index in [1.807, 2.05) is 33.5 Å². The van der Waals surface area contributed by atoms with Crippen LogP contribution in [0, 0.1) is 6.92 Å². The zero-order valence-corrected chi connectivity index (χ0v) is 21.8. The third kappa shape index (κ3) is 4.77. The fourth-order valence-corrected chi connectivity index (χ4v) is 4.98. The average molecular weight is 493 g/mol. The Labute approximate surface area is 216 Å². The number of nitrogens with one attached hydrogen (secondary N) is 1. The van der Waals surface area contributed by atoms with E-state index in [4.69, 9.17) is 0 Å². The molecule has 1 N–H and O–H groups in total. The molecule has 188 valence electrons. The van der Waals surface area contributed by atoms with Crippen LogP contribution >= 0.6 is 0 Å². The van der Waals surface area contributed by atoms with Crippen LogP contribution in [0.4, 0.5) is 0 Å². The molecule has 0 fully saturated rings. The van der Waals surface area contributed by atoms with E-state index in [0.717, 1.165) is 52.0 Å². The highest BCUT2D eigenvalue weighted by Crippen LogP contribution is 2.30. The standard InChI is InChI=1S/C30H32N6O/c1-5-9-24-19-36(28-21(4)10-8-13-25(28)20(2)3)30(37)35(24)18-22-14-16-23(17-15-22)26-11-6-7-12-27(26)29-31-33-34-32-29/h6-8,10-17,19-20H,5,9,18H2,1-4H3,(H,31,32,33,34). The van der Waals surface area contributed by atoms with Gasteiger partial charge in [0.05, 0.1) is 12.2 Å². The van der Waals surface area contributed by atoms with Gasteiger partial charge >= 0.3 is 5.69 Å². The molecule has 5 aromatic rings. The molecule has 7 heteroatoms. The number of H-pyrrole nitrogens is 1. The molecule has 0 unspecified atom stereocenters. The SMILES string of the molecule is CCCc1cn(-c2c(C)cccc2C(C)C)c(=O)n1Cc1ccc(-c2ccccc2-c2nnn[nH]2)cc1. The number of benzene rings is 3. The lowest BCUT2D eigenvalue weighted by molar-refractivity contribution is 0.690. The van der Waals surface area contributed by atoms with E-state index in [0.29, 0.717) is 18.3 Å². The molecule has 37 heavy (non-hydrogen) atoms. The van der Waals surface area contributed by atoms with E-state index in [9.17, 15) is 4.79 Å². The number of tetrazole rings is 1. The fourth-order valence-electron chi connectivity index (χ4n) is 4.98. The normalized spacial score (nSPS) is 11.4.